The second-order valence-corrected chi connectivity index (χ2v) is 5.02. The molecule has 0 saturated heterocycles. The van der Waals surface area contributed by atoms with Crippen molar-refractivity contribution in [3.63, 3.8) is 0 Å². The highest BCUT2D eigenvalue weighted by Crippen LogP contribution is 2.29. The number of hydrogen-bond donors (Lipinski definition) is 0. The predicted octanol–water partition coefficient (Wildman–Crippen LogP) is 2.75. The molecule has 2 aromatic rings. The fourth-order valence-corrected chi connectivity index (χ4v) is 2.43. The summed E-state index contributed by atoms with van der Waals surface area (Å²) < 4.78 is 0. The van der Waals surface area contributed by atoms with E-state index in [-0.39, 0.29) is 11.9 Å². The third kappa shape index (κ3) is 2.35. The van der Waals surface area contributed by atoms with E-state index in [1.54, 1.807) is 11.1 Å². The summed E-state index contributed by atoms with van der Waals surface area (Å²) in [5.74, 6) is -0.0560. The molecule has 1 amide bonds. The number of nitriles is 1. The first-order valence-electron chi connectivity index (χ1n) is 6.83. The van der Waals surface area contributed by atoms with Crippen LogP contribution in [0.3, 0.4) is 0 Å². The fraction of sp³-hybridized carbons (Fsp3) is 0.312. The molecule has 1 heterocycles. The lowest BCUT2D eigenvalue weighted by atomic mass is 10.1. The van der Waals surface area contributed by atoms with Crippen molar-refractivity contribution in [2.75, 3.05) is 6.54 Å². The molecule has 20 heavy (non-hydrogen) atoms. The molecule has 0 unspecified atom stereocenters. The van der Waals surface area contributed by atoms with Crippen LogP contribution in [0.5, 0.6) is 0 Å². The minimum absolute atomic E-state index is 0.0560. The van der Waals surface area contributed by atoms with Crippen molar-refractivity contribution in [2.45, 2.75) is 25.3 Å². The van der Waals surface area contributed by atoms with Crippen LogP contribution in [-0.2, 0) is 0 Å². The molecule has 3 rings (SSSR count). The Labute approximate surface area is 117 Å². The molecule has 0 aliphatic heterocycles. The van der Waals surface area contributed by atoms with Crippen molar-refractivity contribution in [1.29, 1.82) is 5.26 Å². The molecule has 0 radical (unpaired) electrons. The molecule has 100 valence electrons. The van der Waals surface area contributed by atoms with Crippen molar-refractivity contribution >= 4 is 16.7 Å². The number of fused-ring (bicyclic) bond motifs is 1. The highest BCUT2D eigenvalue weighted by Gasteiger charge is 2.33. The van der Waals surface area contributed by atoms with Crippen LogP contribution in [0.25, 0.3) is 10.8 Å². The number of carbonyl (C=O) groups is 1. The molecule has 0 spiro atoms. The Morgan fingerprint density at radius 1 is 1.35 bits per heavy atom. The first-order chi connectivity index (χ1) is 9.81. The van der Waals surface area contributed by atoms with Crippen molar-refractivity contribution < 1.29 is 4.79 Å². The lowest BCUT2D eigenvalue weighted by Crippen LogP contribution is -2.34. The van der Waals surface area contributed by atoms with E-state index >= 15 is 0 Å². The number of benzene rings is 1. The lowest BCUT2D eigenvalue weighted by Gasteiger charge is -2.21. The lowest BCUT2D eigenvalue weighted by molar-refractivity contribution is 0.0743. The SMILES string of the molecule is N#CCCN(C(=O)c1nccc2ccccc12)C1CC1. The summed E-state index contributed by atoms with van der Waals surface area (Å²) in [5, 5.41) is 10.6. The van der Waals surface area contributed by atoms with E-state index in [1.807, 2.05) is 30.3 Å². The van der Waals surface area contributed by atoms with Gasteiger partial charge in [-0.1, -0.05) is 24.3 Å². The van der Waals surface area contributed by atoms with E-state index < -0.39 is 0 Å². The second-order valence-electron chi connectivity index (χ2n) is 5.02. The summed E-state index contributed by atoms with van der Waals surface area (Å²) in [5.41, 5.74) is 0.493. The zero-order chi connectivity index (χ0) is 13.9. The Morgan fingerprint density at radius 3 is 2.90 bits per heavy atom. The third-order valence-electron chi connectivity index (χ3n) is 3.59. The largest absolute Gasteiger partial charge is 0.333 e. The normalized spacial score (nSPS) is 13.9. The van der Waals surface area contributed by atoms with Crippen LogP contribution in [0.1, 0.15) is 29.8 Å². The molecule has 1 fully saturated rings. The molecule has 1 aliphatic carbocycles. The molecule has 1 aromatic heterocycles. The van der Waals surface area contributed by atoms with E-state index in [2.05, 4.69) is 11.1 Å². The number of rotatable bonds is 4. The maximum Gasteiger partial charge on any atom is 0.273 e. The van der Waals surface area contributed by atoms with Crippen LogP contribution in [0.2, 0.25) is 0 Å². The van der Waals surface area contributed by atoms with Crippen LogP contribution in [0.15, 0.2) is 36.5 Å². The van der Waals surface area contributed by atoms with Crippen LogP contribution in [-0.4, -0.2) is 28.4 Å². The van der Waals surface area contributed by atoms with Crippen LogP contribution < -0.4 is 0 Å². The van der Waals surface area contributed by atoms with Crippen molar-refractivity contribution in [1.82, 2.24) is 9.88 Å². The Morgan fingerprint density at radius 2 is 2.15 bits per heavy atom. The molecule has 0 atom stereocenters. The zero-order valence-electron chi connectivity index (χ0n) is 11.1. The highest BCUT2D eigenvalue weighted by molar-refractivity contribution is 6.05. The van der Waals surface area contributed by atoms with Crippen LogP contribution in [0, 0.1) is 11.3 Å². The smallest absolute Gasteiger partial charge is 0.273 e. The predicted molar refractivity (Wildman–Crippen MR) is 76.0 cm³/mol. The van der Waals surface area contributed by atoms with Crippen LogP contribution >= 0.6 is 0 Å². The molecule has 4 nitrogen and oxygen atoms in total. The van der Waals surface area contributed by atoms with Gasteiger partial charge in [-0.05, 0) is 24.3 Å². The summed E-state index contributed by atoms with van der Waals surface area (Å²) in [6.45, 7) is 0.491. The van der Waals surface area contributed by atoms with Gasteiger partial charge in [-0.25, -0.2) is 0 Å². The van der Waals surface area contributed by atoms with Gasteiger partial charge in [0, 0.05) is 24.2 Å². The average molecular weight is 265 g/mol. The number of amides is 1. The highest BCUT2D eigenvalue weighted by atomic mass is 16.2. The van der Waals surface area contributed by atoms with E-state index in [4.69, 9.17) is 5.26 Å². The molecule has 4 heteroatoms. The molecular weight excluding hydrogens is 250 g/mol. The molecule has 1 aliphatic rings. The maximum absolute atomic E-state index is 12.7. The number of hydrogen-bond acceptors (Lipinski definition) is 3. The minimum atomic E-state index is -0.0560. The van der Waals surface area contributed by atoms with Crippen molar-refractivity contribution in [3.05, 3.63) is 42.2 Å². The topological polar surface area (TPSA) is 57.0 Å². The molecule has 0 bridgehead atoms. The summed E-state index contributed by atoms with van der Waals surface area (Å²) in [7, 11) is 0. The van der Waals surface area contributed by atoms with Gasteiger partial charge in [0.25, 0.3) is 5.91 Å². The van der Waals surface area contributed by atoms with Gasteiger partial charge >= 0.3 is 0 Å². The van der Waals surface area contributed by atoms with Gasteiger partial charge in [0.1, 0.15) is 5.69 Å². The molecule has 0 N–H and O–H groups in total. The fourth-order valence-electron chi connectivity index (χ4n) is 2.43. The van der Waals surface area contributed by atoms with Gasteiger partial charge in [0.15, 0.2) is 0 Å². The van der Waals surface area contributed by atoms with Crippen LogP contribution in [0.4, 0.5) is 0 Å². The zero-order valence-corrected chi connectivity index (χ0v) is 11.1. The van der Waals surface area contributed by atoms with Crippen molar-refractivity contribution in [2.24, 2.45) is 0 Å². The van der Waals surface area contributed by atoms with E-state index in [1.165, 1.54) is 0 Å². The Bertz CT molecular complexity index is 680. The summed E-state index contributed by atoms with van der Waals surface area (Å²) in [6.07, 6.45) is 4.10. The molecule has 1 aromatic carbocycles. The first-order valence-corrected chi connectivity index (χ1v) is 6.83. The van der Waals surface area contributed by atoms with Gasteiger partial charge in [0.2, 0.25) is 0 Å². The Hall–Kier alpha value is -2.41. The average Bonchev–Trinajstić information content (AvgIpc) is 3.31. The standard InChI is InChI=1S/C16H15N3O/c17-9-3-11-19(13-6-7-13)16(20)15-14-5-2-1-4-12(14)8-10-18-15/h1-2,4-5,8,10,13H,3,6-7,11H2. The number of nitrogens with zero attached hydrogens (tertiary/aromatic N) is 3. The van der Waals surface area contributed by atoms with E-state index in [0.29, 0.717) is 18.7 Å². The molecular formula is C16H15N3O. The van der Waals surface area contributed by atoms with E-state index in [0.717, 1.165) is 23.6 Å². The number of carbonyl (C=O) groups excluding carboxylic acids is 1. The minimum Gasteiger partial charge on any atom is -0.333 e. The van der Waals surface area contributed by atoms with Gasteiger partial charge in [-0.2, -0.15) is 5.26 Å². The quantitative estimate of drug-likeness (QED) is 0.854. The van der Waals surface area contributed by atoms with Gasteiger partial charge in [-0.3, -0.25) is 9.78 Å². The van der Waals surface area contributed by atoms with Crippen molar-refractivity contribution in [3.8, 4) is 6.07 Å². The Kier molecular flexibility index (Phi) is 3.34. The monoisotopic (exact) mass is 265 g/mol. The number of pyridine rings is 1. The van der Waals surface area contributed by atoms with Gasteiger partial charge in [-0.15, -0.1) is 0 Å². The summed E-state index contributed by atoms with van der Waals surface area (Å²) in [4.78, 5) is 18.8. The molecule has 1 saturated carbocycles. The van der Waals surface area contributed by atoms with Gasteiger partial charge < -0.3 is 4.90 Å². The van der Waals surface area contributed by atoms with Gasteiger partial charge in [0.05, 0.1) is 12.5 Å². The summed E-state index contributed by atoms with van der Waals surface area (Å²) >= 11 is 0. The second kappa shape index (κ2) is 5.30. The number of aromatic nitrogens is 1. The summed E-state index contributed by atoms with van der Waals surface area (Å²) in [6, 6.07) is 12.1. The maximum atomic E-state index is 12.7. The first kappa shape index (κ1) is 12.6. The third-order valence-corrected chi connectivity index (χ3v) is 3.59. The Balaban J connectivity index is 1.96. The van der Waals surface area contributed by atoms with E-state index in [9.17, 15) is 4.79 Å².